The molecule has 1 heterocycles. The SMILES string of the molecule is COc1ccc(CCN[C@@]2(Cc3ccccc3)C[C@H](C)N(C)C[C@H]2C)cc1OC. The summed E-state index contributed by atoms with van der Waals surface area (Å²) in [5.74, 6) is 2.15. The molecule has 1 fully saturated rings. The molecule has 2 aromatic carbocycles. The molecule has 158 valence electrons. The molecule has 1 saturated heterocycles. The van der Waals surface area contributed by atoms with Gasteiger partial charge in [-0.15, -0.1) is 0 Å². The monoisotopic (exact) mass is 396 g/mol. The van der Waals surface area contributed by atoms with Crippen molar-refractivity contribution >= 4 is 0 Å². The number of methoxy groups -OCH3 is 2. The average Bonchev–Trinajstić information content (AvgIpc) is 2.73. The Morgan fingerprint density at radius 2 is 1.72 bits per heavy atom. The van der Waals surface area contributed by atoms with E-state index in [4.69, 9.17) is 9.47 Å². The molecule has 4 heteroatoms. The maximum absolute atomic E-state index is 5.46. The van der Waals surface area contributed by atoms with Crippen molar-refractivity contribution in [1.82, 2.24) is 10.2 Å². The number of benzene rings is 2. The summed E-state index contributed by atoms with van der Waals surface area (Å²) in [7, 11) is 5.61. The van der Waals surface area contributed by atoms with Gasteiger partial charge in [-0.1, -0.05) is 43.3 Å². The largest absolute Gasteiger partial charge is 0.493 e. The van der Waals surface area contributed by atoms with Crippen LogP contribution < -0.4 is 14.8 Å². The van der Waals surface area contributed by atoms with E-state index >= 15 is 0 Å². The zero-order chi connectivity index (χ0) is 20.9. The van der Waals surface area contributed by atoms with E-state index in [2.05, 4.69) is 73.6 Å². The van der Waals surface area contributed by atoms with Crippen LogP contribution in [0.4, 0.5) is 0 Å². The summed E-state index contributed by atoms with van der Waals surface area (Å²) >= 11 is 0. The Hall–Kier alpha value is -2.04. The third-order valence-corrected chi connectivity index (χ3v) is 6.62. The van der Waals surface area contributed by atoms with Gasteiger partial charge in [0.05, 0.1) is 14.2 Å². The van der Waals surface area contributed by atoms with E-state index in [1.165, 1.54) is 11.1 Å². The Bertz CT molecular complexity index is 780. The molecule has 2 aromatic rings. The molecule has 0 unspecified atom stereocenters. The molecule has 0 amide bonds. The molecule has 1 aliphatic rings. The molecular formula is C25H36N2O2. The van der Waals surface area contributed by atoms with Crippen molar-refractivity contribution in [1.29, 1.82) is 0 Å². The predicted octanol–water partition coefficient (Wildman–Crippen LogP) is 4.18. The van der Waals surface area contributed by atoms with Crippen molar-refractivity contribution in [2.75, 3.05) is 34.4 Å². The van der Waals surface area contributed by atoms with Gasteiger partial charge in [-0.3, -0.25) is 0 Å². The highest BCUT2D eigenvalue weighted by Crippen LogP contribution is 2.34. The number of likely N-dealkylation sites (tertiary alicyclic amines) is 1. The fraction of sp³-hybridized carbons (Fsp3) is 0.520. The molecule has 0 spiro atoms. The Balaban J connectivity index is 1.74. The molecule has 0 bridgehead atoms. The highest BCUT2D eigenvalue weighted by molar-refractivity contribution is 5.43. The lowest BCUT2D eigenvalue weighted by Crippen LogP contribution is -2.62. The van der Waals surface area contributed by atoms with Crippen LogP contribution in [0, 0.1) is 5.92 Å². The normalized spacial score (nSPS) is 25.0. The molecule has 0 aliphatic carbocycles. The van der Waals surface area contributed by atoms with Crippen molar-refractivity contribution in [3.63, 3.8) is 0 Å². The number of nitrogens with zero attached hydrogens (tertiary/aromatic N) is 1. The standard InChI is InChI=1S/C25H36N2O2/c1-19-18-27(3)20(2)16-25(19,17-22-9-7-6-8-10-22)26-14-13-21-11-12-23(28-4)24(15-21)29-5/h6-12,15,19-20,26H,13-14,16-18H2,1-5H3/t19-,20+,25-/m1/s1. The van der Waals surface area contributed by atoms with Gasteiger partial charge in [0.1, 0.15) is 0 Å². The second-order valence-corrected chi connectivity index (χ2v) is 8.58. The van der Waals surface area contributed by atoms with Gasteiger partial charge >= 0.3 is 0 Å². The van der Waals surface area contributed by atoms with Crippen LogP contribution in [0.2, 0.25) is 0 Å². The van der Waals surface area contributed by atoms with Gasteiger partial charge in [-0.2, -0.15) is 0 Å². The minimum atomic E-state index is 0.115. The van der Waals surface area contributed by atoms with E-state index in [1.54, 1.807) is 14.2 Å². The molecule has 0 saturated carbocycles. The van der Waals surface area contributed by atoms with Crippen LogP contribution in [0.15, 0.2) is 48.5 Å². The first-order valence-electron chi connectivity index (χ1n) is 10.7. The lowest BCUT2D eigenvalue weighted by molar-refractivity contribution is 0.0547. The number of hydrogen-bond acceptors (Lipinski definition) is 4. The highest BCUT2D eigenvalue weighted by atomic mass is 16.5. The van der Waals surface area contributed by atoms with Gasteiger partial charge in [0.15, 0.2) is 11.5 Å². The first-order chi connectivity index (χ1) is 14.0. The van der Waals surface area contributed by atoms with Gasteiger partial charge < -0.3 is 19.7 Å². The summed E-state index contributed by atoms with van der Waals surface area (Å²) in [4.78, 5) is 2.49. The number of rotatable bonds is 8. The molecule has 1 N–H and O–H groups in total. The van der Waals surface area contributed by atoms with E-state index in [1.807, 2.05) is 6.07 Å². The van der Waals surface area contributed by atoms with Crippen LogP contribution in [-0.4, -0.2) is 50.8 Å². The molecule has 3 rings (SSSR count). The smallest absolute Gasteiger partial charge is 0.160 e. The second kappa shape index (κ2) is 9.64. The van der Waals surface area contributed by atoms with E-state index < -0.39 is 0 Å². The summed E-state index contributed by atoms with van der Waals surface area (Å²) in [6.07, 6.45) is 3.19. The maximum atomic E-state index is 5.46. The summed E-state index contributed by atoms with van der Waals surface area (Å²) in [6.45, 7) is 6.82. The van der Waals surface area contributed by atoms with Crippen LogP contribution in [0.25, 0.3) is 0 Å². The Morgan fingerprint density at radius 3 is 2.41 bits per heavy atom. The Morgan fingerprint density at radius 1 is 1.00 bits per heavy atom. The lowest BCUT2D eigenvalue weighted by atomic mass is 9.72. The third kappa shape index (κ3) is 5.12. The van der Waals surface area contributed by atoms with Crippen LogP contribution in [-0.2, 0) is 12.8 Å². The number of ether oxygens (including phenoxy) is 2. The van der Waals surface area contributed by atoms with Gasteiger partial charge in [-0.25, -0.2) is 0 Å². The van der Waals surface area contributed by atoms with E-state index in [-0.39, 0.29) is 5.54 Å². The summed E-state index contributed by atoms with van der Waals surface area (Å²) in [5, 5.41) is 4.00. The van der Waals surface area contributed by atoms with Crippen molar-refractivity contribution in [3.05, 3.63) is 59.7 Å². The Labute approximate surface area is 176 Å². The van der Waals surface area contributed by atoms with Gasteiger partial charge in [0, 0.05) is 18.1 Å². The predicted molar refractivity (Wildman–Crippen MR) is 120 cm³/mol. The fourth-order valence-corrected chi connectivity index (χ4v) is 4.68. The number of nitrogens with one attached hydrogen (secondary N) is 1. The van der Waals surface area contributed by atoms with Crippen molar-refractivity contribution in [2.24, 2.45) is 5.92 Å². The zero-order valence-corrected chi connectivity index (χ0v) is 18.6. The fourth-order valence-electron chi connectivity index (χ4n) is 4.68. The third-order valence-electron chi connectivity index (χ3n) is 6.62. The molecule has 0 aromatic heterocycles. The Kier molecular flexibility index (Phi) is 7.20. The second-order valence-electron chi connectivity index (χ2n) is 8.58. The molecule has 1 aliphatic heterocycles. The number of piperidine rings is 1. The molecule has 29 heavy (non-hydrogen) atoms. The number of hydrogen-bond donors (Lipinski definition) is 1. The van der Waals surface area contributed by atoms with E-state index in [0.29, 0.717) is 12.0 Å². The zero-order valence-electron chi connectivity index (χ0n) is 18.6. The summed E-state index contributed by atoms with van der Waals surface area (Å²) in [5.41, 5.74) is 2.79. The maximum Gasteiger partial charge on any atom is 0.160 e. The van der Waals surface area contributed by atoms with Crippen LogP contribution >= 0.6 is 0 Å². The highest BCUT2D eigenvalue weighted by Gasteiger charge is 2.42. The average molecular weight is 397 g/mol. The molecule has 4 nitrogen and oxygen atoms in total. The minimum Gasteiger partial charge on any atom is -0.493 e. The summed E-state index contributed by atoms with van der Waals surface area (Å²) in [6, 6.07) is 17.7. The van der Waals surface area contributed by atoms with Gasteiger partial charge in [0.25, 0.3) is 0 Å². The molecular weight excluding hydrogens is 360 g/mol. The van der Waals surface area contributed by atoms with Crippen LogP contribution in [0.3, 0.4) is 0 Å². The van der Waals surface area contributed by atoms with Crippen molar-refractivity contribution in [2.45, 2.75) is 44.7 Å². The first kappa shape index (κ1) is 21.7. The van der Waals surface area contributed by atoms with Crippen molar-refractivity contribution in [3.8, 4) is 11.5 Å². The first-order valence-corrected chi connectivity index (χ1v) is 10.7. The lowest BCUT2D eigenvalue weighted by Gasteiger charge is -2.50. The van der Waals surface area contributed by atoms with Crippen LogP contribution in [0.1, 0.15) is 31.4 Å². The van der Waals surface area contributed by atoms with Crippen molar-refractivity contribution < 1.29 is 9.47 Å². The van der Waals surface area contributed by atoms with Gasteiger partial charge in [0.2, 0.25) is 0 Å². The quantitative estimate of drug-likeness (QED) is 0.726. The minimum absolute atomic E-state index is 0.115. The molecule has 3 atom stereocenters. The summed E-state index contributed by atoms with van der Waals surface area (Å²) < 4.78 is 10.8. The topological polar surface area (TPSA) is 33.7 Å². The molecule has 0 radical (unpaired) electrons. The van der Waals surface area contributed by atoms with E-state index in [0.717, 1.165) is 43.9 Å². The van der Waals surface area contributed by atoms with Gasteiger partial charge in [-0.05, 0) is 69.0 Å². The van der Waals surface area contributed by atoms with Crippen LogP contribution in [0.5, 0.6) is 11.5 Å². The van der Waals surface area contributed by atoms with E-state index in [9.17, 15) is 0 Å².